The van der Waals surface area contributed by atoms with Crippen LogP contribution >= 0.6 is 0 Å². The fourth-order valence-corrected chi connectivity index (χ4v) is 3.73. The molecule has 1 fully saturated rings. The Bertz CT molecular complexity index is 765. The maximum atomic E-state index is 10.6. The van der Waals surface area contributed by atoms with E-state index in [2.05, 4.69) is 26.9 Å². The van der Waals surface area contributed by atoms with Gasteiger partial charge in [0.1, 0.15) is 0 Å². The van der Waals surface area contributed by atoms with E-state index in [1.54, 1.807) is 6.92 Å². The number of benzene rings is 1. The number of aryl methyl sites for hydroxylation is 1. The number of nitrogens with zero attached hydrogens (tertiary/aromatic N) is 4. The third kappa shape index (κ3) is 3.40. The van der Waals surface area contributed by atoms with Crippen molar-refractivity contribution in [3.05, 3.63) is 35.5 Å². The Hall–Kier alpha value is -2.16. The van der Waals surface area contributed by atoms with Gasteiger partial charge in [-0.1, -0.05) is 19.1 Å². The largest absolute Gasteiger partial charge is 0.454 e. The van der Waals surface area contributed by atoms with Crippen molar-refractivity contribution in [2.75, 3.05) is 26.4 Å². The molecule has 1 N–H and O–H groups in total. The zero-order valence-corrected chi connectivity index (χ0v) is 15.1. The Morgan fingerprint density at radius 3 is 2.92 bits per heavy atom. The summed E-state index contributed by atoms with van der Waals surface area (Å²) in [6.07, 6.45) is -0.423. The highest BCUT2D eigenvalue weighted by Crippen LogP contribution is 2.36. The second-order valence-corrected chi connectivity index (χ2v) is 6.76. The van der Waals surface area contributed by atoms with E-state index < -0.39 is 6.10 Å². The lowest BCUT2D eigenvalue weighted by molar-refractivity contribution is 0.0760. The highest BCUT2D eigenvalue weighted by molar-refractivity contribution is 5.48. The van der Waals surface area contributed by atoms with Crippen LogP contribution in [-0.2, 0) is 13.1 Å². The Labute approximate surface area is 152 Å². The number of para-hydroxylation sites is 1. The Kier molecular flexibility index (Phi) is 4.80. The number of likely N-dealkylation sites (N-methyl/N-ethyl adjacent to an activating group) is 1. The molecule has 4 rings (SSSR count). The monoisotopic (exact) mass is 360 g/mol. The van der Waals surface area contributed by atoms with Gasteiger partial charge >= 0.3 is 0 Å². The van der Waals surface area contributed by atoms with E-state index in [4.69, 9.17) is 13.9 Å². The third-order valence-electron chi connectivity index (χ3n) is 4.99. The SMILES string of the molecule is CCN(Cc1nnc(C)o1)[C@H]1CN(Cc2cccc3c2OCO3)C[C@H]1O. The van der Waals surface area contributed by atoms with Crippen LogP contribution in [0.3, 0.4) is 0 Å². The van der Waals surface area contributed by atoms with Crippen molar-refractivity contribution in [3.8, 4) is 11.5 Å². The summed E-state index contributed by atoms with van der Waals surface area (Å²) < 4.78 is 16.5. The molecule has 140 valence electrons. The fourth-order valence-electron chi connectivity index (χ4n) is 3.73. The van der Waals surface area contributed by atoms with Crippen LogP contribution in [0, 0.1) is 6.92 Å². The number of aliphatic hydroxyl groups is 1. The molecular formula is C18H24N4O4. The van der Waals surface area contributed by atoms with E-state index in [-0.39, 0.29) is 12.8 Å². The first kappa shape index (κ1) is 17.3. The molecule has 0 bridgehead atoms. The minimum atomic E-state index is -0.423. The van der Waals surface area contributed by atoms with Crippen LogP contribution in [0.4, 0.5) is 0 Å². The van der Waals surface area contributed by atoms with Crippen molar-refractivity contribution in [2.24, 2.45) is 0 Å². The highest BCUT2D eigenvalue weighted by atomic mass is 16.7. The van der Waals surface area contributed by atoms with Crippen LogP contribution in [0.15, 0.2) is 22.6 Å². The summed E-state index contributed by atoms with van der Waals surface area (Å²) in [5.74, 6) is 2.76. The maximum absolute atomic E-state index is 10.6. The highest BCUT2D eigenvalue weighted by Gasteiger charge is 2.36. The summed E-state index contributed by atoms with van der Waals surface area (Å²) in [5, 5.41) is 18.6. The molecule has 0 spiro atoms. The fraction of sp³-hybridized carbons (Fsp3) is 0.556. The number of aliphatic hydroxyl groups excluding tert-OH is 1. The molecular weight excluding hydrogens is 336 g/mol. The lowest BCUT2D eigenvalue weighted by atomic mass is 10.1. The number of fused-ring (bicyclic) bond motifs is 1. The summed E-state index contributed by atoms with van der Waals surface area (Å²) in [7, 11) is 0. The molecule has 2 atom stereocenters. The molecule has 0 saturated carbocycles. The number of aromatic nitrogens is 2. The van der Waals surface area contributed by atoms with E-state index in [1.165, 1.54) is 0 Å². The van der Waals surface area contributed by atoms with E-state index in [0.29, 0.717) is 24.9 Å². The minimum Gasteiger partial charge on any atom is -0.454 e. The van der Waals surface area contributed by atoms with Gasteiger partial charge < -0.3 is 19.0 Å². The van der Waals surface area contributed by atoms with E-state index >= 15 is 0 Å². The summed E-state index contributed by atoms with van der Waals surface area (Å²) in [6, 6.07) is 5.97. The van der Waals surface area contributed by atoms with Crippen molar-refractivity contribution in [1.29, 1.82) is 0 Å². The molecule has 0 aliphatic carbocycles. The summed E-state index contributed by atoms with van der Waals surface area (Å²) >= 11 is 0. The number of β-amino-alcohol motifs (C(OH)–C–C–N with tert-alkyl or cyclic N) is 1. The second kappa shape index (κ2) is 7.22. The molecule has 2 aromatic rings. The van der Waals surface area contributed by atoms with Gasteiger partial charge in [-0.25, -0.2) is 0 Å². The first-order valence-corrected chi connectivity index (χ1v) is 8.95. The molecule has 1 saturated heterocycles. The van der Waals surface area contributed by atoms with Gasteiger partial charge in [0, 0.05) is 32.1 Å². The predicted octanol–water partition coefficient (Wildman–Crippen LogP) is 1.17. The topological polar surface area (TPSA) is 84.1 Å². The average molecular weight is 360 g/mol. The van der Waals surface area contributed by atoms with E-state index in [9.17, 15) is 5.11 Å². The van der Waals surface area contributed by atoms with Gasteiger partial charge in [-0.2, -0.15) is 0 Å². The number of hydrogen-bond acceptors (Lipinski definition) is 8. The Balaban J connectivity index is 1.43. The average Bonchev–Trinajstić information content (AvgIpc) is 3.34. The van der Waals surface area contributed by atoms with Crippen molar-refractivity contribution in [3.63, 3.8) is 0 Å². The van der Waals surface area contributed by atoms with Crippen LogP contribution in [0.2, 0.25) is 0 Å². The molecule has 0 unspecified atom stereocenters. The van der Waals surface area contributed by atoms with Crippen molar-refractivity contribution in [1.82, 2.24) is 20.0 Å². The molecule has 1 aromatic heterocycles. The van der Waals surface area contributed by atoms with Crippen molar-refractivity contribution in [2.45, 2.75) is 39.1 Å². The van der Waals surface area contributed by atoms with Crippen LogP contribution < -0.4 is 9.47 Å². The van der Waals surface area contributed by atoms with Gasteiger partial charge in [0.25, 0.3) is 0 Å². The van der Waals surface area contributed by atoms with Gasteiger partial charge in [0.15, 0.2) is 11.5 Å². The van der Waals surface area contributed by atoms with Gasteiger partial charge in [-0.05, 0) is 12.6 Å². The van der Waals surface area contributed by atoms with Gasteiger partial charge in [0.2, 0.25) is 18.6 Å². The van der Waals surface area contributed by atoms with Crippen LogP contribution in [0.5, 0.6) is 11.5 Å². The van der Waals surface area contributed by atoms with Crippen LogP contribution in [0.1, 0.15) is 24.3 Å². The smallest absolute Gasteiger partial charge is 0.231 e. The number of likely N-dealkylation sites (tertiary alicyclic amines) is 1. The molecule has 2 aliphatic rings. The molecule has 8 nitrogen and oxygen atoms in total. The second-order valence-electron chi connectivity index (χ2n) is 6.76. The van der Waals surface area contributed by atoms with Crippen LogP contribution in [0.25, 0.3) is 0 Å². The quantitative estimate of drug-likeness (QED) is 0.822. The molecule has 8 heteroatoms. The van der Waals surface area contributed by atoms with Crippen molar-refractivity contribution >= 4 is 0 Å². The first-order valence-electron chi connectivity index (χ1n) is 8.95. The minimum absolute atomic E-state index is 0.0288. The van der Waals surface area contributed by atoms with Gasteiger partial charge in [-0.15, -0.1) is 10.2 Å². The van der Waals surface area contributed by atoms with Gasteiger partial charge in [0.05, 0.1) is 18.7 Å². The zero-order chi connectivity index (χ0) is 18.1. The van der Waals surface area contributed by atoms with E-state index in [0.717, 1.165) is 36.7 Å². The number of ether oxygens (including phenoxy) is 2. The Morgan fingerprint density at radius 1 is 1.27 bits per heavy atom. The third-order valence-corrected chi connectivity index (χ3v) is 4.99. The summed E-state index contributed by atoms with van der Waals surface area (Å²) in [5.41, 5.74) is 1.09. The maximum Gasteiger partial charge on any atom is 0.231 e. The lowest BCUT2D eigenvalue weighted by Gasteiger charge is -2.28. The van der Waals surface area contributed by atoms with Crippen molar-refractivity contribution < 1.29 is 19.0 Å². The standard InChI is InChI=1S/C18H24N4O4/c1-3-22(10-17-20-19-12(2)26-17)14-8-21(9-15(14)23)7-13-5-4-6-16-18(13)25-11-24-16/h4-6,14-15,23H,3,7-11H2,1-2H3/t14-,15+/m0/s1. The number of rotatable bonds is 6. The summed E-state index contributed by atoms with van der Waals surface area (Å²) in [6.45, 7) is 7.58. The lowest BCUT2D eigenvalue weighted by Crippen LogP contribution is -2.42. The molecule has 1 aromatic carbocycles. The van der Waals surface area contributed by atoms with Gasteiger partial charge in [-0.3, -0.25) is 9.80 Å². The molecule has 2 aliphatic heterocycles. The van der Waals surface area contributed by atoms with Crippen LogP contribution in [-0.4, -0.2) is 63.7 Å². The molecule has 0 radical (unpaired) electrons. The normalized spacial score (nSPS) is 22.5. The number of hydrogen-bond donors (Lipinski definition) is 1. The molecule has 3 heterocycles. The molecule has 26 heavy (non-hydrogen) atoms. The first-order chi connectivity index (χ1) is 12.6. The van der Waals surface area contributed by atoms with E-state index in [1.807, 2.05) is 18.2 Å². The zero-order valence-electron chi connectivity index (χ0n) is 15.1. The Morgan fingerprint density at radius 2 is 2.15 bits per heavy atom. The molecule has 0 amide bonds. The summed E-state index contributed by atoms with van der Waals surface area (Å²) in [4.78, 5) is 4.43. The predicted molar refractivity (Wildman–Crippen MR) is 92.8 cm³/mol.